The number of hydrogen-bond donors (Lipinski definition) is 1. The summed E-state index contributed by atoms with van der Waals surface area (Å²) in [5, 5.41) is 4.29. The normalized spacial score (nSPS) is 12.6. The van der Waals surface area contributed by atoms with Gasteiger partial charge in [-0.25, -0.2) is 0 Å². The number of nitrogen functional groups attached to an aromatic ring is 1. The molecule has 5 nitrogen and oxygen atoms in total. The Labute approximate surface area is 87.4 Å². The van der Waals surface area contributed by atoms with Gasteiger partial charge in [-0.2, -0.15) is 5.10 Å². The average molecular weight is 217 g/mol. The Morgan fingerprint density at radius 1 is 1.71 bits per heavy atom. The Balaban J connectivity index is 2.89. The zero-order valence-electron chi connectivity index (χ0n) is 8.36. The summed E-state index contributed by atoms with van der Waals surface area (Å²) < 4.78 is 1.46. The lowest BCUT2D eigenvalue weighted by molar-refractivity contribution is -0.131. The van der Waals surface area contributed by atoms with Crippen LogP contribution in [0.1, 0.15) is 13.0 Å². The van der Waals surface area contributed by atoms with E-state index in [0.29, 0.717) is 5.02 Å². The van der Waals surface area contributed by atoms with E-state index in [2.05, 4.69) is 5.10 Å². The maximum Gasteiger partial charge on any atom is 0.246 e. The summed E-state index contributed by atoms with van der Waals surface area (Å²) in [7, 11) is 3.38. The van der Waals surface area contributed by atoms with Crippen LogP contribution in [0.4, 0.5) is 5.82 Å². The highest BCUT2D eigenvalue weighted by molar-refractivity contribution is 6.32. The number of anilines is 1. The Hall–Kier alpha value is -1.23. The van der Waals surface area contributed by atoms with E-state index in [4.69, 9.17) is 17.3 Å². The first kappa shape index (κ1) is 10.8. The van der Waals surface area contributed by atoms with Crippen molar-refractivity contribution in [2.75, 3.05) is 19.8 Å². The molecular formula is C8H13ClN4O. The molecule has 78 valence electrons. The average Bonchev–Trinajstić information content (AvgIpc) is 2.44. The maximum absolute atomic E-state index is 11.5. The van der Waals surface area contributed by atoms with Gasteiger partial charge in [-0.15, -0.1) is 0 Å². The highest BCUT2D eigenvalue weighted by atomic mass is 35.5. The summed E-state index contributed by atoms with van der Waals surface area (Å²) in [4.78, 5) is 13.0. The minimum atomic E-state index is -0.389. The molecule has 0 radical (unpaired) electrons. The van der Waals surface area contributed by atoms with Gasteiger partial charge in [0, 0.05) is 20.3 Å². The van der Waals surface area contributed by atoms with Crippen LogP contribution in [-0.2, 0) is 4.79 Å². The van der Waals surface area contributed by atoms with E-state index in [-0.39, 0.29) is 17.8 Å². The van der Waals surface area contributed by atoms with Gasteiger partial charge in [0.2, 0.25) is 5.91 Å². The molecule has 1 aromatic heterocycles. The molecule has 0 aliphatic carbocycles. The molecule has 0 bridgehead atoms. The number of halogens is 1. The van der Waals surface area contributed by atoms with Crippen LogP contribution in [0, 0.1) is 0 Å². The second-order valence-electron chi connectivity index (χ2n) is 3.25. The Morgan fingerprint density at radius 3 is 2.64 bits per heavy atom. The molecule has 0 aliphatic rings. The van der Waals surface area contributed by atoms with Gasteiger partial charge in [0.15, 0.2) is 5.82 Å². The Kier molecular flexibility index (Phi) is 3.00. The van der Waals surface area contributed by atoms with Gasteiger partial charge >= 0.3 is 0 Å². The fraction of sp³-hybridized carbons (Fsp3) is 0.500. The van der Waals surface area contributed by atoms with Gasteiger partial charge < -0.3 is 10.6 Å². The van der Waals surface area contributed by atoms with Crippen LogP contribution >= 0.6 is 11.6 Å². The fourth-order valence-corrected chi connectivity index (χ4v) is 1.21. The van der Waals surface area contributed by atoms with Crippen molar-refractivity contribution >= 4 is 23.3 Å². The van der Waals surface area contributed by atoms with Crippen LogP contribution in [0.3, 0.4) is 0 Å². The lowest BCUT2D eigenvalue weighted by atomic mass is 10.3. The number of nitrogens with two attached hydrogens (primary N) is 1. The van der Waals surface area contributed by atoms with Gasteiger partial charge in [-0.1, -0.05) is 11.6 Å². The van der Waals surface area contributed by atoms with Crippen LogP contribution < -0.4 is 5.73 Å². The molecule has 0 aromatic carbocycles. The van der Waals surface area contributed by atoms with Crippen molar-refractivity contribution in [3.8, 4) is 0 Å². The van der Waals surface area contributed by atoms with Gasteiger partial charge in [0.05, 0.1) is 0 Å². The summed E-state index contributed by atoms with van der Waals surface area (Å²) in [6, 6.07) is -0.389. The number of nitrogens with zero attached hydrogens (tertiary/aromatic N) is 3. The summed E-state index contributed by atoms with van der Waals surface area (Å²) in [6.07, 6.45) is 1.54. The third-order valence-electron chi connectivity index (χ3n) is 1.91. The molecule has 0 fully saturated rings. The smallest absolute Gasteiger partial charge is 0.246 e. The molecule has 1 aromatic rings. The quantitative estimate of drug-likeness (QED) is 0.794. The summed E-state index contributed by atoms with van der Waals surface area (Å²) in [5.74, 6) is 0.189. The molecule has 0 spiro atoms. The SMILES string of the molecule is CC(C(=O)N(C)C)n1cc(Cl)c(N)n1. The van der Waals surface area contributed by atoms with E-state index in [0.717, 1.165) is 0 Å². The van der Waals surface area contributed by atoms with Crippen molar-refractivity contribution in [1.29, 1.82) is 0 Å². The molecule has 6 heteroatoms. The second kappa shape index (κ2) is 3.88. The molecule has 2 N–H and O–H groups in total. The second-order valence-corrected chi connectivity index (χ2v) is 3.66. The third-order valence-corrected chi connectivity index (χ3v) is 2.20. The van der Waals surface area contributed by atoms with Crippen molar-refractivity contribution in [3.05, 3.63) is 11.2 Å². The van der Waals surface area contributed by atoms with Crippen LogP contribution in [0.25, 0.3) is 0 Å². The Bertz CT molecular complexity index is 328. The van der Waals surface area contributed by atoms with E-state index >= 15 is 0 Å². The van der Waals surface area contributed by atoms with Crippen LogP contribution in [0.5, 0.6) is 0 Å². The van der Waals surface area contributed by atoms with E-state index in [1.807, 2.05) is 0 Å². The lowest BCUT2D eigenvalue weighted by Gasteiger charge is -2.16. The number of likely N-dealkylation sites (N-methyl/N-ethyl adjacent to an activating group) is 1. The monoisotopic (exact) mass is 216 g/mol. The number of carbonyl (C=O) groups excluding carboxylic acids is 1. The van der Waals surface area contributed by atoms with Gasteiger partial charge in [-0.05, 0) is 6.92 Å². The first-order valence-electron chi connectivity index (χ1n) is 4.14. The molecule has 1 atom stereocenters. The minimum absolute atomic E-state index is 0.0517. The molecule has 0 aliphatic heterocycles. The maximum atomic E-state index is 11.5. The fourth-order valence-electron chi connectivity index (χ4n) is 1.07. The number of rotatable bonds is 2. The van der Waals surface area contributed by atoms with E-state index in [1.165, 1.54) is 9.58 Å². The van der Waals surface area contributed by atoms with Crippen molar-refractivity contribution in [3.63, 3.8) is 0 Å². The highest BCUT2D eigenvalue weighted by Gasteiger charge is 2.18. The van der Waals surface area contributed by atoms with Crippen molar-refractivity contribution in [2.24, 2.45) is 0 Å². The first-order chi connectivity index (χ1) is 6.43. The largest absolute Gasteiger partial charge is 0.381 e. The van der Waals surface area contributed by atoms with Crippen molar-refractivity contribution in [1.82, 2.24) is 14.7 Å². The number of hydrogen-bond acceptors (Lipinski definition) is 3. The standard InChI is InChI=1S/C8H13ClN4O/c1-5(8(14)12(2)3)13-4-6(9)7(10)11-13/h4-5H,1-3H3,(H2,10,11). The number of amides is 1. The Morgan fingerprint density at radius 2 is 2.29 bits per heavy atom. The molecule has 1 heterocycles. The van der Waals surface area contributed by atoms with Crippen LogP contribution in [-0.4, -0.2) is 34.7 Å². The molecule has 0 saturated heterocycles. The van der Waals surface area contributed by atoms with Crippen LogP contribution in [0.2, 0.25) is 5.02 Å². The van der Waals surface area contributed by atoms with Crippen LogP contribution in [0.15, 0.2) is 6.20 Å². The van der Waals surface area contributed by atoms with E-state index in [1.54, 1.807) is 27.2 Å². The molecule has 1 rings (SSSR count). The predicted molar refractivity (Wildman–Crippen MR) is 55.1 cm³/mol. The first-order valence-corrected chi connectivity index (χ1v) is 4.52. The summed E-state index contributed by atoms with van der Waals surface area (Å²) >= 11 is 5.72. The molecule has 14 heavy (non-hydrogen) atoms. The van der Waals surface area contributed by atoms with E-state index < -0.39 is 0 Å². The predicted octanol–water partition coefficient (Wildman–Crippen LogP) is 0.768. The molecule has 0 saturated carbocycles. The van der Waals surface area contributed by atoms with Gasteiger partial charge in [-0.3, -0.25) is 9.48 Å². The third kappa shape index (κ3) is 1.98. The zero-order chi connectivity index (χ0) is 10.9. The van der Waals surface area contributed by atoms with Gasteiger partial charge in [0.1, 0.15) is 11.1 Å². The number of carbonyl (C=O) groups is 1. The van der Waals surface area contributed by atoms with Gasteiger partial charge in [0.25, 0.3) is 0 Å². The van der Waals surface area contributed by atoms with E-state index in [9.17, 15) is 4.79 Å². The zero-order valence-corrected chi connectivity index (χ0v) is 9.12. The number of aromatic nitrogens is 2. The topological polar surface area (TPSA) is 64.2 Å². The summed E-state index contributed by atoms with van der Waals surface area (Å²) in [6.45, 7) is 1.74. The molecular weight excluding hydrogens is 204 g/mol. The highest BCUT2D eigenvalue weighted by Crippen LogP contribution is 2.18. The van der Waals surface area contributed by atoms with Crippen molar-refractivity contribution in [2.45, 2.75) is 13.0 Å². The molecule has 1 amide bonds. The minimum Gasteiger partial charge on any atom is -0.381 e. The molecule has 1 unspecified atom stereocenters. The summed E-state index contributed by atoms with van der Waals surface area (Å²) in [5.41, 5.74) is 5.47. The lowest BCUT2D eigenvalue weighted by Crippen LogP contribution is -2.30. The van der Waals surface area contributed by atoms with Crippen molar-refractivity contribution < 1.29 is 4.79 Å².